The van der Waals surface area contributed by atoms with Gasteiger partial charge in [0, 0.05) is 11.4 Å². The van der Waals surface area contributed by atoms with Crippen molar-refractivity contribution in [3.05, 3.63) is 89.5 Å². The Hall–Kier alpha value is -3.07. The first-order chi connectivity index (χ1) is 12.1. The number of hydrogen-bond donors (Lipinski definition) is 2. The highest BCUT2D eigenvalue weighted by molar-refractivity contribution is 6.05. The molecule has 3 aromatic rings. The Morgan fingerprint density at radius 3 is 2.00 bits per heavy atom. The summed E-state index contributed by atoms with van der Waals surface area (Å²) in [5.41, 5.74) is 6.52. The summed E-state index contributed by atoms with van der Waals surface area (Å²) in [6, 6.07) is 24.6. The molecule has 0 unspecified atom stereocenters. The van der Waals surface area contributed by atoms with E-state index in [1.54, 1.807) is 0 Å². The van der Waals surface area contributed by atoms with Crippen molar-refractivity contribution in [2.45, 2.75) is 20.8 Å². The van der Waals surface area contributed by atoms with Gasteiger partial charge in [0.1, 0.15) is 0 Å². The third kappa shape index (κ3) is 4.48. The van der Waals surface area contributed by atoms with Crippen LogP contribution in [0.25, 0.3) is 0 Å². The maximum atomic E-state index is 4.81. The van der Waals surface area contributed by atoms with Gasteiger partial charge in [-0.3, -0.25) is 0 Å². The summed E-state index contributed by atoms with van der Waals surface area (Å²) < 4.78 is 0. The molecule has 0 aliphatic heterocycles. The number of benzene rings is 3. The van der Waals surface area contributed by atoms with Crippen molar-refractivity contribution in [3.63, 3.8) is 0 Å². The van der Waals surface area contributed by atoms with Crippen LogP contribution in [0, 0.1) is 20.8 Å². The van der Waals surface area contributed by atoms with Gasteiger partial charge in [0.05, 0.1) is 5.69 Å². The Bertz CT molecular complexity index is 880. The highest BCUT2D eigenvalue weighted by Gasteiger charge is 2.05. The molecule has 0 atom stereocenters. The molecule has 0 saturated carbocycles. The van der Waals surface area contributed by atoms with Crippen LogP contribution in [-0.4, -0.2) is 5.96 Å². The van der Waals surface area contributed by atoms with Gasteiger partial charge in [-0.2, -0.15) is 0 Å². The first kappa shape index (κ1) is 16.8. The van der Waals surface area contributed by atoms with Crippen LogP contribution in [0.1, 0.15) is 16.7 Å². The van der Waals surface area contributed by atoms with E-state index < -0.39 is 0 Å². The van der Waals surface area contributed by atoms with Crippen molar-refractivity contribution in [2.24, 2.45) is 4.99 Å². The van der Waals surface area contributed by atoms with Gasteiger partial charge in [0.15, 0.2) is 0 Å². The molecule has 0 aliphatic carbocycles. The Labute approximate surface area is 149 Å². The predicted octanol–water partition coefficient (Wildman–Crippen LogP) is 5.82. The Kier molecular flexibility index (Phi) is 5.14. The number of nitrogens with one attached hydrogen (secondary N) is 2. The van der Waals surface area contributed by atoms with E-state index in [0.29, 0.717) is 5.96 Å². The molecule has 0 aromatic heterocycles. The molecule has 0 bridgehead atoms. The number of para-hydroxylation sites is 2. The van der Waals surface area contributed by atoms with E-state index >= 15 is 0 Å². The molecule has 3 rings (SSSR count). The lowest BCUT2D eigenvalue weighted by Gasteiger charge is -2.15. The Morgan fingerprint density at radius 1 is 0.680 bits per heavy atom. The second kappa shape index (κ2) is 7.67. The van der Waals surface area contributed by atoms with Crippen molar-refractivity contribution in [2.75, 3.05) is 10.6 Å². The zero-order valence-corrected chi connectivity index (χ0v) is 14.9. The monoisotopic (exact) mass is 329 g/mol. The van der Waals surface area contributed by atoms with Gasteiger partial charge in [-0.25, -0.2) is 4.99 Å². The third-order valence-corrected chi connectivity index (χ3v) is 4.06. The van der Waals surface area contributed by atoms with Crippen LogP contribution in [0.2, 0.25) is 0 Å². The Morgan fingerprint density at radius 2 is 1.32 bits per heavy atom. The minimum atomic E-state index is 0.701. The molecule has 126 valence electrons. The van der Waals surface area contributed by atoms with E-state index in [0.717, 1.165) is 22.6 Å². The van der Waals surface area contributed by atoms with Crippen LogP contribution in [0.3, 0.4) is 0 Å². The lowest BCUT2D eigenvalue weighted by molar-refractivity contribution is 1.37. The number of guanidine groups is 1. The summed E-state index contributed by atoms with van der Waals surface area (Å²) in [6.07, 6.45) is 0. The number of aliphatic imine (C=N–C) groups is 1. The van der Waals surface area contributed by atoms with Crippen LogP contribution in [0.5, 0.6) is 0 Å². The zero-order valence-electron chi connectivity index (χ0n) is 14.9. The molecule has 0 amide bonds. The van der Waals surface area contributed by atoms with Crippen molar-refractivity contribution < 1.29 is 0 Å². The quantitative estimate of drug-likeness (QED) is 0.469. The maximum Gasteiger partial charge on any atom is 0.205 e. The van der Waals surface area contributed by atoms with Crippen LogP contribution in [-0.2, 0) is 0 Å². The Balaban J connectivity index is 1.94. The molecule has 0 fully saturated rings. The van der Waals surface area contributed by atoms with E-state index in [1.165, 1.54) is 11.1 Å². The van der Waals surface area contributed by atoms with Gasteiger partial charge in [-0.1, -0.05) is 54.1 Å². The predicted molar refractivity (Wildman–Crippen MR) is 108 cm³/mol. The normalized spacial score (nSPS) is 11.2. The summed E-state index contributed by atoms with van der Waals surface area (Å²) in [7, 11) is 0. The largest absolute Gasteiger partial charge is 0.326 e. The molecule has 3 nitrogen and oxygen atoms in total. The number of nitrogens with zero attached hydrogens (tertiary/aromatic N) is 1. The maximum absolute atomic E-state index is 4.81. The second-order valence-corrected chi connectivity index (χ2v) is 6.18. The zero-order chi connectivity index (χ0) is 17.6. The average molecular weight is 329 g/mol. The van der Waals surface area contributed by atoms with E-state index in [1.807, 2.05) is 30.3 Å². The van der Waals surface area contributed by atoms with Gasteiger partial charge in [0.2, 0.25) is 5.96 Å². The SMILES string of the molecule is Cc1ccc(NC(=Nc2ccccc2C)Nc2ccccc2C)cc1. The van der Waals surface area contributed by atoms with Crippen LogP contribution in [0.4, 0.5) is 17.1 Å². The summed E-state index contributed by atoms with van der Waals surface area (Å²) in [6.45, 7) is 6.23. The van der Waals surface area contributed by atoms with Crippen molar-refractivity contribution in [3.8, 4) is 0 Å². The van der Waals surface area contributed by atoms with Gasteiger partial charge in [-0.15, -0.1) is 0 Å². The first-order valence-corrected chi connectivity index (χ1v) is 8.42. The number of rotatable bonds is 3. The summed E-state index contributed by atoms with van der Waals surface area (Å²) in [5.74, 6) is 0.701. The van der Waals surface area contributed by atoms with E-state index in [-0.39, 0.29) is 0 Å². The molecule has 3 aromatic carbocycles. The second-order valence-electron chi connectivity index (χ2n) is 6.18. The van der Waals surface area contributed by atoms with Crippen molar-refractivity contribution in [1.29, 1.82) is 0 Å². The van der Waals surface area contributed by atoms with Crippen LogP contribution in [0.15, 0.2) is 77.8 Å². The molecule has 3 heteroatoms. The molecular formula is C22H23N3. The molecule has 25 heavy (non-hydrogen) atoms. The summed E-state index contributed by atoms with van der Waals surface area (Å²) >= 11 is 0. The molecule has 0 aliphatic rings. The molecule has 0 spiro atoms. The van der Waals surface area contributed by atoms with Crippen molar-refractivity contribution in [1.82, 2.24) is 0 Å². The van der Waals surface area contributed by atoms with E-state index in [9.17, 15) is 0 Å². The highest BCUT2D eigenvalue weighted by atomic mass is 15.2. The average Bonchev–Trinajstić information content (AvgIpc) is 2.61. The standard InChI is InChI=1S/C22H23N3/c1-16-12-14-19(15-13-16)23-22(24-20-10-6-4-8-17(20)2)25-21-11-7-5-9-18(21)3/h4-15H,1-3H3,(H2,23,24,25). The van der Waals surface area contributed by atoms with Gasteiger partial charge in [-0.05, 0) is 56.2 Å². The summed E-state index contributed by atoms with van der Waals surface area (Å²) in [4.78, 5) is 4.81. The highest BCUT2D eigenvalue weighted by Crippen LogP contribution is 2.20. The number of aryl methyl sites for hydroxylation is 3. The van der Waals surface area contributed by atoms with Crippen LogP contribution < -0.4 is 10.6 Å². The number of hydrogen-bond acceptors (Lipinski definition) is 1. The lowest BCUT2D eigenvalue weighted by atomic mass is 10.2. The van der Waals surface area contributed by atoms with E-state index in [2.05, 4.69) is 73.9 Å². The third-order valence-electron chi connectivity index (χ3n) is 4.06. The minimum Gasteiger partial charge on any atom is -0.326 e. The molecule has 0 saturated heterocycles. The molecule has 0 heterocycles. The van der Waals surface area contributed by atoms with Gasteiger partial charge < -0.3 is 10.6 Å². The topological polar surface area (TPSA) is 36.4 Å². The first-order valence-electron chi connectivity index (χ1n) is 8.42. The van der Waals surface area contributed by atoms with Crippen LogP contribution >= 0.6 is 0 Å². The minimum absolute atomic E-state index is 0.701. The van der Waals surface area contributed by atoms with Crippen molar-refractivity contribution >= 4 is 23.0 Å². The smallest absolute Gasteiger partial charge is 0.205 e. The fourth-order valence-corrected chi connectivity index (χ4v) is 2.51. The lowest BCUT2D eigenvalue weighted by Crippen LogP contribution is -2.22. The van der Waals surface area contributed by atoms with Gasteiger partial charge in [0.25, 0.3) is 0 Å². The summed E-state index contributed by atoms with van der Waals surface area (Å²) in [5, 5.41) is 6.82. The molecule has 2 N–H and O–H groups in total. The fraction of sp³-hybridized carbons (Fsp3) is 0.136. The molecule has 0 radical (unpaired) electrons. The van der Waals surface area contributed by atoms with E-state index in [4.69, 9.17) is 4.99 Å². The van der Waals surface area contributed by atoms with Gasteiger partial charge >= 0.3 is 0 Å². The number of anilines is 2. The fourth-order valence-electron chi connectivity index (χ4n) is 2.51. The molecular weight excluding hydrogens is 306 g/mol.